The van der Waals surface area contributed by atoms with Gasteiger partial charge in [0, 0.05) is 37.8 Å². The minimum Gasteiger partial charge on any atom is -0.338 e. The molecule has 5 rings (SSSR count). The third-order valence-electron chi connectivity index (χ3n) is 6.30. The molecule has 26 heavy (non-hydrogen) atoms. The van der Waals surface area contributed by atoms with Crippen molar-refractivity contribution in [2.75, 3.05) is 36.0 Å². The highest BCUT2D eigenvalue weighted by molar-refractivity contribution is 7.91. The largest absolute Gasteiger partial charge is 0.338 e. The van der Waals surface area contributed by atoms with Crippen LogP contribution in [0.2, 0.25) is 0 Å². The van der Waals surface area contributed by atoms with Crippen molar-refractivity contribution in [2.24, 2.45) is 5.92 Å². The highest BCUT2D eigenvalue weighted by Crippen LogP contribution is 2.43. The number of fused-ring (bicyclic) bond motifs is 2. The second kappa shape index (κ2) is 5.90. The molecule has 3 heterocycles. The topological polar surface area (TPSA) is 83.5 Å². The Morgan fingerprint density at radius 1 is 1.12 bits per heavy atom. The predicted molar refractivity (Wildman–Crippen MR) is 97.0 cm³/mol. The van der Waals surface area contributed by atoms with E-state index >= 15 is 0 Å². The van der Waals surface area contributed by atoms with Crippen molar-refractivity contribution >= 4 is 21.7 Å². The highest BCUT2D eigenvalue weighted by atomic mass is 32.2. The van der Waals surface area contributed by atoms with Gasteiger partial charge in [-0.05, 0) is 38.0 Å². The van der Waals surface area contributed by atoms with Crippen LogP contribution in [0, 0.1) is 5.92 Å². The van der Waals surface area contributed by atoms with Gasteiger partial charge in [-0.3, -0.25) is 4.79 Å². The van der Waals surface area contributed by atoms with E-state index in [1.807, 2.05) is 0 Å². The highest BCUT2D eigenvalue weighted by Gasteiger charge is 2.40. The molecule has 2 saturated carbocycles. The lowest BCUT2D eigenvalue weighted by molar-refractivity contribution is 0.0768. The number of amides is 1. The summed E-state index contributed by atoms with van der Waals surface area (Å²) in [5, 5.41) is 0. The van der Waals surface area contributed by atoms with Gasteiger partial charge in [0.2, 0.25) is 5.95 Å². The molecule has 1 aromatic rings. The van der Waals surface area contributed by atoms with Crippen molar-refractivity contribution in [3.05, 3.63) is 17.5 Å². The molecule has 1 amide bonds. The van der Waals surface area contributed by atoms with Crippen LogP contribution in [0.5, 0.6) is 0 Å². The number of aromatic nitrogens is 2. The van der Waals surface area contributed by atoms with Gasteiger partial charge in [0.05, 0.1) is 22.8 Å². The average molecular weight is 376 g/mol. The van der Waals surface area contributed by atoms with E-state index in [2.05, 4.69) is 9.88 Å². The van der Waals surface area contributed by atoms with Crippen molar-refractivity contribution in [3.8, 4) is 0 Å². The first-order valence-corrected chi connectivity index (χ1v) is 11.5. The van der Waals surface area contributed by atoms with Crippen LogP contribution < -0.4 is 4.90 Å². The summed E-state index contributed by atoms with van der Waals surface area (Å²) in [6.45, 7) is 1.57. The Morgan fingerprint density at radius 3 is 2.50 bits per heavy atom. The Balaban J connectivity index is 1.41. The molecule has 2 saturated heterocycles. The number of nitrogens with zero attached hydrogens (tertiary/aromatic N) is 4. The number of hydrogen-bond acceptors (Lipinski definition) is 6. The second-order valence-corrected chi connectivity index (χ2v) is 10.5. The SMILES string of the molecule is O=C(c1cnc(N2C[C@H]3CC[C@@H]2C3)nc1C1CC1)N1CCS(=O)(=O)CC1. The van der Waals surface area contributed by atoms with Crippen LogP contribution in [0.3, 0.4) is 0 Å². The molecule has 0 N–H and O–H groups in total. The van der Waals surface area contributed by atoms with E-state index in [-0.39, 0.29) is 30.5 Å². The summed E-state index contributed by atoms with van der Waals surface area (Å²) >= 11 is 0. The summed E-state index contributed by atoms with van der Waals surface area (Å²) < 4.78 is 23.3. The lowest BCUT2D eigenvalue weighted by Gasteiger charge is -2.29. The van der Waals surface area contributed by atoms with E-state index in [0.29, 0.717) is 17.5 Å². The number of rotatable bonds is 3. The lowest BCUT2D eigenvalue weighted by atomic mass is 10.1. The van der Waals surface area contributed by atoms with Crippen molar-refractivity contribution in [2.45, 2.75) is 44.1 Å². The van der Waals surface area contributed by atoms with E-state index in [1.165, 1.54) is 19.3 Å². The van der Waals surface area contributed by atoms with Gasteiger partial charge in [-0.15, -0.1) is 0 Å². The number of carbonyl (C=O) groups excluding carboxylic acids is 1. The van der Waals surface area contributed by atoms with E-state index in [4.69, 9.17) is 4.98 Å². The van der Waals surface area contributed by atoms with Crippen LogP contribution in [0.25, 0.3) is 0 Å². The number of anilines is 1. The molecule has 7 nitrogen and oxygen atoms in total. The van der Waals surface area contributed by atoms with Gasteiger partial charge in [-0.1, -0.05) is 0 Å². The molecule has 0 aromatic carbocycles. The zero-order valence-electron chi connectivity index (χ0n) is 14.8. The molecule has 0 radical (unpaired) electrons. The minimum absolute atomic E-state index is 0.0489. The fraction of sp³-hybridized carbons (Fsp3) is 0.722. The standard InChI is InChI=1S/C18H24N4O3S/c23-17(21-5-7-26(24,25)8-6-21)15-10-19-18(20-16(15)13-2-3-13)22-11-12-1-4-14(22)9-12/h10,12-14H,1-9,11H2/t12-,14+/m0/s1. The quantitative estimate of drug-likeness (QED) is 0.789. The predicted octanol–water partition coefficient (Wildman–Crippen LogP) is 1.21. The smallest absolute Gasteiger partial charge is 0.257 e. The molecule has 8 heteroatoms. The summed E-state index contributed by atoms with van der Waals surface area (Å²) in [4.78, 5) is 26.3. The van der Waals surface area contributed by atoms with E-state index in [1.54, 1.807) is 11.1 Å². The van der Waals surface area contributed by atoms with Crippen LogP contribution in [0.1, 0.15) is 54.1 Å². The normalized spacial score (nSPS) is 30.0. The van der Waals surface area contributed by atoms with Crippen LogP contribution in [-0.2, 0) is 9.84 Å². The summed E-state index contributed by atoms with van der Waals surface area (Å²) in [7, 11) is -3.00. The Morgan fingerprint density at radius 2 is 1.88 bits per heavy atom. The maximum absolute atomic E-state index is 13.0. The maximum atomic E-state index is 13.0. The van der Waals surface area contributed by atoms with Crippen LogP contribution >= 0.6 is 0 Å². The van der Waals surface area contributed by atoms with Crippen molar-refractivity contribution < 1.29 is 13.2 Å². The van der Waals surface area contributed by atoms with Gasteiger partial charge in [0.15, 0.2) is 9.84 Å². The number of sulfone groups is 1. The summed E-state index contributed by atoms with van der Waals surface area (Å²) in [5.74, 6) is 1.88. The second-order valence-electron chi connectivity index (χ2n) is 8.17. The average Bonchev–Trinajstić information content (AvgIpc) is 3.27. The van der Waals surface area contributed by atoms with E-state index in [0.717, 1.165) is 36.9 Å². The molecular formula is C18H24N4O3S. The first-order chi connectivity index (χ1) is 12.5. The third kappa shape index (κ3) is 2.88. The monoisotopic (exact) mass is 376 g/mol. The maximum Gasteiger partial charge on any atom is 0.257 e. The molecule has 0 spiro atoms. The van der Waals surface area contributed by atoms with Gasteiger partial charge >= 0.3 is 0 Å². The molecule has 1 aromatic heterocycles. The zero-order valence-corrected chi connectivity index (χ0v) is 15.6. The minimum atomic E-state index is -3.00. The van der Waals surface area contributed by atoms with Gasteiger partial charge in [-0.25, -0.2) is 18.4 Å². The van der Waals surface area contributed by atoms with Crippen molar-refractivity contribution in [1.29, 1.82) is 0 Å². The fourth-order valence-corrected chi connectivity index (χ4v) is 5.81. The first-order valence-electron chi connectivity index (χ1n) is 9.63. The van der Waals surface area contributed by atoms with E-state index < -0.39 is 9.84 Å². The summed E-state index contributed by atoms with van der Waals surface area (Å²) in [6.07, 6.45) is 7.59. The first kappa shape index (κ1) is 16.5. The van der Waals surface area contributed by atoms with Gasteiger partial charge in [0.25, 0.3) is 5.91 Å². The Hall–Kier alpha value is -1.70. The number of hydrogen-bond donors (Lipinski definition) is 0. The molecule has 2 aliphatic heterocycles. The molecular weight excluding hydrogens is 352 g/mol. The van der Waals surface area contributed by atoms with Gasteiger partial charge < -0.3 is 9.80 Å². The Labute approximate surface area is 153 Å². The molecule has 4 aliphatic rings. The summed E-state index contributed by atoms with van der Waals surface area (Å²) in [5.41, 5.74) is 1.44. The third-order valence-corrected chi connectivity index (χ3v) is 7.91. The van der Waals surface area contributed by atoms with Crippen molar-refractivity contribution in [1.82, 2.24) is 14.9 Å². The number of carbonyl (C=O) groups is 1. The lowest BCUT2D eigenvalue weighted by Crippen LogP contribution is -2.44. The molecule has 2 bridgehead atoms. The zero-order chi connectivity index (χ0) is 17.9. The van der Waals surface area contributed by atoms with Crippen molar-refractivity contribution in [3.63, 3.8) is 0 Å². The number of piperidine rings is 1. The molecule has 4 fully saturated rings. The fourth-order valence-electron chi connectivity index (χ4n) is 4.61. The summed E-state index contributed by atoms with van der Waals surface area (Å²) in [6, 6.07) is 0.556. The van der Waals surface area contributed by atoms with Crippen LogP contribution in [-0.4, -0.2) is 66.4 Å². The van der Waals surface area contributed by atoms with Crippen LogP contribution in [0.4, 0.5) is 5.95 Å². The molecule has 0 unspecified atom stereocenters. The molecule has 140 valence electrons. The molecule has 2 atom stereocenters. The Bertz CT molecular complexity index is 838. The molecule has 2 aliphatic carbocycles. The van der Waals surface area contributed by atoms with Crippen LogP contribution in [0.15, 0.2) is 6.20 Å². The van der Waals surface area contributed by atoms with E-state index in [9.17, 15) is 13.2 Å². The Kier molecular flexibility index (Phi) is 3.74. The van der Waals surface area contributed by atoms with Gasteiger partial charge in [0.1, 0.15) is 0 Å². The van der Waals surface area contributed by atoms with Gasteiger partial charge in [-0.2, -0.15) is 0 Å².